The summed E-state index contributed by atoms with van der Waals surface area (Å²) >= 11 is 5.97. The molecule has 0 aromatic carbocycles. The Morgan fingerprint density at radius 3 is 3.19 bits per heavy atom. The minimum Gasteiger partial charge on any atom is -0.475 e. The Hall–Kier alpha value is -1.86. The van der Waals surface area contributed by atoms with Gasteiger partial charge in [0, 0.05) is 25.0 Å². The highest BCUT2D eigenvalue weighted by atomic mass is 35.5. The smallest absolute Gasteiger partial charge is 0.257 e. The molecular formula is C13H16ClN5O2. The van der Waals surface area contributed by atoms with E-state index in [0.717, 1.165) is 18.1 Å². The van der Waals surface area contributed by atoms with Crippen LogP contribution in [-0.4, -0.2) is 46.5 Å². The highest BCUT2D eigenvalue weighted by molar-refractivity contribution is 6.29. The van der Waals surface area contributed by atoms with Crippen molar-refractivity contribution in [1.82, 2.24) is 20.2 Å². The minimum atomic E-state index is -0.116. The fraction of sp³-hybridized carbons (Fsp3) is 0.462. The summed E-state index contributed by atoms with van der Waals surface area (Å²) in [7, 11) is 0. The third-order valence-corrected chi connectivity index (χ3v) is 3.41. The molecule has 7 nitrogen and oxygen atoms in total. The van der Waals surface area contributed by atoms with E-state index < -0.39 is 0 Å². The monoisotopic (exact) mass is 309 g/mol. The van der Waals surface area contributed by atoms with Crippen LogP contribution in [-0.2, 0) is 4.74 Å². The van der Waals surface area contributed by atoms with Gasteiger partial charge in [0.2, 0.25) is 0 Å². The van der Waals surface area contributed by atoms with Gasteiger partial charge in [-0.3, -0.25) is 0 Å². The molecule has 0 radical (unpaired) electrons. The second kappa shape index (κ2) is 6.28. The van der Waals surface area contributed by atoms with Gasteiger partial charge in [-0.05, 0) is 6.92 Å². The molecule has 1 fully saturated rings. The van der Waals surface area contributed by atoms with Crippen molar-refractivity contribution in [2.75, 3.05) is 31.2 Å². The van der Waals surface area contributed by atoms with Crippen LogP contribution >= 0.6 is 11.6 Å². The Bertz CT molecular complexity index is 592. The number of nitrogens with one attached hydrogen (secondary N) is 1. The number of imidazole rings is 1. The molecule has 1 aliphatic rings. The Kier molecular flexibility index (Phi) is 4.21. The van der Waals surface area contributed by atoms with Crippen molar-refractivity contribution in [2.24, 2.45) is 0 Å². The molecule has 3 rings (SSSR count). The second-order valence-corrected chi connectivity index (χ2v) is 4.96. The molecule has 8 heteroatoms. The number of H-pyrrole nitrogens is 1. The molecule has 3 heterocycles. The van der Waals surface area contributed by atoms with Crippen molar-refractivity contribution >= 4 is 17.3 Å². The maximum atomic E-state index is 5.97. The van der Waals surface area contributed by atoms with Crippen LogP contribution in [0, 0.1) is 0 Å². The van der Waals surface area contributed by atoms with Crippen molar-refractivity contribution in [3.05, 3.63) is 29.4 Å². The second-order valence-electron chi connectivity index (χ2n) is 4.57. The van der Waals surface area contributed by atoms with Gasteiger partial charge in [-0.1, -0.05) is 11.6 Å². The Balaban J connectivity index is 1.84. The first-order chi connectivity index (χ1) is 10.3. The maximum absolute atomic E-state index is 5.97. The fourth-order valence-corrected chi connectivity index (χ4v) is 2.44. The van der Waals surface area contributed by atoms with Gasteiger partial charge in [-0.15, -0.1) is 10.2 Å². The van der Waals surface area contributed by atoms with Crippen molar-refractivity contribution in [2.45, 2.75) is 13.0 Å². The third-order valence-electron chi connectivity index (χ3n) is 3.22. The van der Waals surface area contributed by atoms with E-state index in [0.29, 0.717) is 30.8 Å². The Morgan fingerprint density at radius 2 is 2.43 bits per heavy atom. The van der Waals surface area contributed by atoms with Gasteiger partial charge in [0.15, 0.2) is 5.15 Å². The highest BCUT2D eigenvalue weighted by Crippen LogP contribution is 2.31. The largest absolute Gasteiger partial charge is 0.475 e. The number of anilines is 1. The summed E-state index contributed by atoms with van der Waals surface area (Å²) in [6.07, 6.45) is 3.39. The van der Waals surface area contributed by atoms with E-state index in [9.17, 15) is 0 Å². The summed E-state index contributed by atoms with van der Waals surface area (Å²) in [6.45, 7) is 4.41. The maximum Gasteiger partial charge on any atom is 0.257 e. The lowest BCUT2D eigenvalue weighted by Gasteiger charge is -2.33. The zero-order chi connectivity index (χ0) is 14.7. The number of nitrogens with zero attached hydrogens (tertiary/aromatic N) is 4. The molecule has 1 N–H and O–H groups in total. The minimum absolute atomic E-state index is 0.116. The summed E-state index contributed by atoms with van der Waals surface area (Å²) in [5.41, 5.74) is 0.830. The summed E-state index contributed by atoms with van der Waals surface area (Å²) in [5.74, 6) is 1.30. The first-order valence-corrected chi connectivity index (χ1v) is 7.17. The molecule has 2 aromatic heterocycles. The molecule has 1 saturated heterocycles. The topological polar surface area (TPSA) is 76.2 Å². The van der Waals surface area contributed by atoms with Gasteiger partial charge in [0.05, 0.1) is 19.8 Å². The van der Waals surface area contributed by atoms with Gasteiger partial charge >= 0.3 is 0 Å². The quantitative estimate of drug-likeness (QED) is 0.928. The first-order valence-electron chi connectivity index (χ1n) is 6.79. The van der Waals surface area contributed by atoms with Crippen LogP contribution in [0.1, 0.15) is 18.9 Å². The zero-order valence-corrected chi connectivity index (χ0v) is 12.4. The number of hydrogen-bond donors (Lipinski definition) is 1. The normalized spacial score (nSPS) is 18.8. The SMILES string of the molecule is CCOc1nnc(Cl)cc1N1CCOC(c2ncc[nH]2)C1. The van der Waals surface area contributed by atoms with Gasteiger partial charge in [-0.25, -0.2) is 4.98 Å². The first kappa shape index (κ1) is 14.1. The summed E-state index contributed by atoms with van der Waals surface area (Å²) in [5, 5.41) is 8.20. The fourth-order valence-electron chi connectivity index (χ4n) is 2.30. The van der Waals surface area contributed by atoms with Crippen LogP contribution in [0.4, 0.5) is 5.69 Å². The van der Waals surface area contributed by atoms with Crippen molar-refractivity contribution < 1.29 is 9.47 Å². The van der Waals surface area contributed by atoms with Crippen molar-refractivity contribution in [1.29, 1.82) is 0 Å². The number of aromatic nitrogens is 4. The molecule has 0 spiro atoms. The van der Waals surface area contributed by atoms with Crippen LogP contribution in [0.2, 0.25) is 5.15 Å². The summed E-state index contributed by atoms with van der Waals surface area (Å²) in [6, 6.07) is 1.77. The molecule has 0 aliphatic carbocycles. The van der Waals surface area contributed by atoms with Gasteiger partial charge in [-0.2, -0.15) is 0 Å². The standard InChI is InChI=1S/C13H16ClN5O2/c1-2-20-13-9(7-11(14)17-18-13)19-5-6-21-10(8-19)12-15-3-4-16-12/h3-4,7,10H,2,5-6,8H2,1H3,(H,15,16). The molecule has 1 unspecified atom stereocenters. The lowest BCUT2D eigenvalue weighted by atomic mass is 10.2. The van der Waals surface area contributed by atoms with Gasteiger partial charge in [0.25, 0.3) is 5.88 Å². The number of aromatic amines is 1. The van der Waals surface area contributed by atoms with Gasteiger partial charge < -0.3 is 19.4 Å². The molecule has 0 bridgehead atoms. The van der Waals surface area contributed by atoms with Crippen LogP contribution in [0.15, 0.2) is 18.5 Å². The molecule has 112 valence electrons. The van der Waals surface area contributed by atoms with Gasteiger partial charge in [0.1, 0.15) is 17.6 Å². The molecule has 0 saturated carbocycles. The van der Waals surface area contributed by atoms with Crippen LogP contribution < -0.4 is 9.64 Å². The van der Waals surface area contributed by atoms with E-state index in [1.807, 2.05) is 6.92 Å². The van der Waals surface area contributed by atoms with E-state index in [1.54, 1.807) is 18.5 Å². The Labute approximate surface area is 127 Å². The number of hydrogen-bond acceptors (Lipinski definition) is 6. The zero-order valence-electron chi connectivity index (χ0n) is 11.6. The van der Waals surface area contributed by atoms with E-state index in [2.05, 4.69) is 25.1 Å². The van der Waals surface area contributed by atoms with Crippen molar-refractivity contribution in [3.63, 3.8) is 0 Å². The molecule has 2 aromatic rings. The summed E-state index contributed by atoms with van der Waals surface area (Å²) < 4.78 is 11.3. The lowest BCUT2D eigenvalue weighted by Crippen LogP contribution is -2.39. The highest BCUT2D eigenvalue weighted by Gasteiger charge is 2.26. The van der Waals surface area contributed by atoms with E-state index in [-0.39, 0.29) is 6.10 Å². The number of halogens is 1. The van der Waals surface area contributed by atoms with E-state index >= 15 is 0 Å². The van der Waals surface area contributed by atoms with Crippen LogP contribution in [0.3, 0.4) is 0 Å². The number of ether oxygens (including phenoxy) is 2. The molecule has 1 aliphatic heterocycles. The van der Waals surface area contributed by atoms with Crippen LogP contribution in [0.5, 0.6) is 5.88 Å². The average Bonchev–Trinajstić information content (AvgIpc) is 3.04. The average molecular weight is 310 g/mol. The van der Waals surface area contributed by atoms with Crippen LogP contribution in [0.25, 0.3) is 0 Å². The lowest BCUT2D eigenvalue weighted by molar-refractivity contribution is 0.0343. The number of morpholine rings is 1. The summed E-state index contributed by atoms with van der Waals surface area (Å²) in [4.78, 5) is 9.46. The molecule has 21 heavy (non-hydrogen) atoms. The predicted octanol–water partition coefficient (Wildman–Crippen LogP) is 1.83. The van der Waals surface area contributed by atoms with Crippen molar-refractivity contribution in [3.8, 4) is 5.88 Å². The van der Waals surface area contributed by atoms with E-state index in [4.69, 9.17) is 21.1 Å². The Morgan fingerprint density at radius 1 is 1.52 bits per heavy atom. The van der Waals surface area contributed by atoms with E-state index in [1.165, 1.54) is 0 Å². The molecular weight excluding hydrogens is 294 g/mol. The number of rotatable bonds is 4. The molecule has 0 amide bonds. The third kappa shape index (κ3) is 3.08. The predicted molar refractivity (Wildman–Crippen MR) is 77.7 cm³/mol. The molecule has 1 atom stereocenters.